The molecular weight excluding hydrogens is 326 g/mol. The SMILES string of the molecule is CCN(C(C)=O)c1nc(CSc2ccc(Cl)cc2N)cs1. The van der Waals surface area contributed by atoms with Crippen molar-refractivity contribution in [1.29, 1.82) is 0 Å². The molecule has 0 spiro atoms. The molecule has 0 saturated heterocycles. The van der Waals surface area contributed by atoms with Gasteiger partial charge in [-0.3, -0.25) is 9.69 Å². The first-order chi connectivity index (χ1) is 10.0. The van der Waals surface area contributed by atoms with E-state index in [0.717, 1.165) is 15.7 Å². The number of aromatic nitrogens is 1. The van der Waals surface area contributed by atoms with E-state index in [1.165, 1.54) is 11.3 Å². The summed E-state index contributed by atoms with van der Waals surface area (Å²) in [6.07, 6.45) is 0. The van der Waals surface area contributed by atoms with E-state index in [9.17, 15) is 4.79 Å². The average Bonchev–Trinajstić information content (AvgIpc) is 2.87. The summed E-state index contributed by atoms with van der Waals surface area (Å²) < 4.78 is 0. The van der Waals surface area contributed by atoms with Crippen LogP contribution in [-0.4, -0.2) is 17.4 Å². The van der Waals surface area contributed by atoms with Crippen LogP contribution in [0.15, 0.2) is 28.5 Å². The summed E-state index contributed by atoms with van der Waals surface area (Å²) in [5.41, 5.74) is 7.53. The Kier molecular flexibility index (Phi) is 5.50. The minimum Gasteiger partial charge on any atom is -0.398 e. The number of hydrogen-bond acceptors (Lipinski definition) is 5. The molecule has 0 aliphatic rings. The number of amides is 1. The number of halogens is 1. The quantitative estimate of drug-likeness (QED) is 0.658. The lowest BCUT2D eigenvalue weighted by molar-refractivity contribution is -0.116. The molecule has 0 unspecified atom stereocenters. The summed E-state index contributed by atoms with van der Waals surface area (Å²) in [4.78, 5) is 18.6. The van der Waals surface area contributed by atoms with Crippen molar-refractivity contribution >= 4 is 51.4 Å². The molecule has 7 heteroatoms. The zero-order valence-electron chi connectivity index (χ0n) is 11.8. The zero-order chi connectivity index (χ0) is 15.4. The fourth-order valence-electron chi connectivity index (χ4n) is 1.78. The van der Waals surface area contributed by atoms with Crippen LogP contribution in [0, 0.1) is 0 Å². The van der Waals surface area contributed by atoms with Gasteiger partial charge in [-0.1, -0.05) is 11.6 Å². The molecule has 0 atom stereocenters. The molecule has 2 N–H and O–H groups in total. The predicted molar refractivity (Wildman–Crippen MR) is 91.2 cm³/mol. The zero-order valence-corrected chi connectivity index (χ0v) is 14.2. The van der Waals surface area contributed by atoms with Gasteiger partial charge in [0.2, 0.25) is 5.91 Å². The molecule has 0 aliphatic heterocycles. The van der Waals surface area contributed by atoms with Crippen molar-refractivity contribution < 1.29 is 4.79 Å². The molecule has 0 bridgehead atoms. The Morgan fingerprint density at radius 3 is 2.90 bits per heavy atom. The van der Waals surface area contributed by atoms with Gasteiger partial charge in [-0.2, -0.15) is 0 Å². The van der Waals surface area contributed by atoms with Crippen LogP contribution in [0.1, 0.15) is 19.5 Å². The van der Waals surface area contributed by atoms with E-state index in [2.05, 4.69) is 4.98 Å². The number of thiazole rings is 1. The van der Waals surface area contributed by atoms with Crippen LogP contribution in [0.4, 0.5) is 10.8 Å². The van der Waals surface area contributed by atoms with E-state index in [0.29, 0.717) is 23.0 Å². The fraction of sp³-hybridized carbons (Fsp3) is 0.286. The van der Waals surface area contributed by atoms with Gasteiger partial charge in [0.25, 0.3) is 0 Å². The number of benzene rings is 1. The second-order valence-electron chi connectivity index (χ2n) is 4.36. The van der Waals surface area contributed by atoms with Crippen LogP contribution >= 0.6 is 34.7 Å². The van der Waals surface area contributed by atoms with Gasteiger partial charge in [-0.25, -0.2) is 4.98 Å². The number of nitrogens with zero attached hydrogens (tertiary/aromatic N) is 2. The summed E-state index contributed by atoms with van der Waals surface area (Å²) in [5, 5.41) is 3.34. The predicted octanol–water partition coefficient (Wildman–Crippen LogP) is 4.04. The van der Waals surface area contributed by atoms with E-state index in [1.807, 2.05) is 24.4 Å². The van der Waals surface area contributed by atoms with Crippen LogP contribution in [0.3, 0.4) is 0 Å². The fourth-order valence-corrected chi connectivity index (χ4v) is 3.84. The van der Waals surface area contributed by atoms with Crippen molar-refractivity contribution in [2.24, 2.45) is 0 Å². The number of hydrogen-bond donors (Lipinski definition) is 1. The van der Waals surface area contributed by atoms with Gasteiger partial charge in [0.1, 0.15) is 0 Å². The third-order valence-electron chi connectivity index (χ3n) is 2.81. The molecule has 0 fully saturated rings. The van der Waals surface area contributed by atoms with E-state index in [4.69, 9.17) is 17.3 Å². The number of anilines is 2. The highest BCUT2D eigenvalue weighted by atomic mass is 35.5. The summed E-state index contributed by atoms with van der Waals surface area (Å²) in [6.45, 7) is 4.11. The molecule has 21 heavy (non-hydrogen) atoms. The van der Waals surface area contributed by atoms with Crippen LogP contribution in [0.25, 0.3) is 0 Å². The topological polar surface area (TPSA) is 59.2 Å². The van der Waals surface area contributed by atoms with Crippen molar-refractivity contribution in [3.8, 4) is 0 Å². The highest BCUT2D eigenvalue weighted by Gasteiger charge is 2.13. The van der Waals surface area contributed by atoms with Crippen molar-refractivity contribution in [1.82, 2.24) is 4.98 Å². The van der Waals surface area contributed by atoms with Crippen LogP contribution < -0.4 is 10.6 Å². The van der Waals surface area contributed by atoms with Gasteiger partial charge in [-0.15, -0.1) is 23.1 Å². The number of rotatable bonds is 5. The van der Waals surface area contributed by atoms with Gasteiger partial charge in [0.15, 0.2) is 5.13 Å². The Morgan fingerprint density at radius 1 is 1.52 bits per heavy atom. The van der Waals surface area contributed by atoms with Gasteiger partial charge >= 0.3 is 0 Å². The Hall–Kier alpha value is -1.24. The summed E-state index contributed by atoms with van der Waals surface area (Å²) >= 11 is 8.97. The lowest BCUT2D eigenvalue weighted by atomic mass is 10.3. The first-order valence-corrected chi connectivity index (χ1v) is 8.66. The van der Waals surface area contributed by atoms with Crippen molar-refractivity contribution in [3.63, 3.8) is 0 Å². The summed E-state index contributed by atoms with van der Waals surface area (Å²) in [5.74, 6) is 0.714. The Bertz CT molecular complexity index is 645. The normalized spacial score (nSPS) is 10.6. The van der Waals surface area contributed by atoms with Crippen LogP contribution in [0.5, 0.6) is 0 Å². The maximum absolute atomic E-state index is 11.5. The average molecular weight is 342 g/mol. The monoisotopic (exact) mass is 341 g/mol. The molecule has 1 amide bonds. The van der Waals surface area contributed by atoms with E-state index in [-0.39, 0.29) is 5.91 Å². The maximum atomic E-state index is 11.5. The smallest absolute Gasteiger partial charge is 0.225 e. The number of thioether (sulfide) groups is 1. The number of nitrogens with two attached hydrogens (primary N) is 1. The number of carbonyl (C=O) groups is 1. The summed E-state index contributed by atoms with van der Waals surface area (Å²) in [7, 11) is 0. The molecule has 112 valence electrons. The molecule has 4 nitrogen and oxygen atoms in total. The number of nitrogen functional groups attached to an aromatic ring is 1. The third-order valence-corrected chi connectivity index (χ3v) is 5.08. The third kappa shape index (κ3) is 4.12. The molecular formula is C14H16ClN3OS2. The van der Waals surface area contributed by atoms with Gasteiger partial charge in [0.05, 0.1) is 5.69 Å². The van der Waals surface area contributed by atoms with Gasteiger partial charge < -0.3 is 5.73 Å². The molecule has 1 aromatic heterocycles. The standard InChI is InChI=1S/C14H16ClN3OS2/c1-3-18(9(2)19)14-17-11(8-21-14)7-20-13-5-4-10(15)6-12(13)16/h4-6,8H,3,7,16H2,1-2H3. The van der Waals surface area contributed by atoms with Crippen molar-refractivity contribution in [3.05, 3.63) is 34.3 Å². The molecule has 1 aromatic carbocycles. The lowest BCUT2D eigenvalue weighted by Gasteiger charge is -2.14. The largest absolute Gasteiger partial charge is 0.398 e. The molecule has 2 rings (SSSR count). The molecule has 0 aliphatic carbocycles. The minimum atomic E-state index is 0.00741. The Labute approximate surface area is 137 Å². The molecule has 2 aromatic rings. The lowest BCUT2D eigenvalue weighted by Crippen LogP contribution is -2.27. The Balaban J connectivity index is 2.04. The highest BCUT2D eigenvalue weighted by Crippen LogP contribution is 2.31. The maximum Gasteiger partial charge on any atom is 0.225 e. The van der Waals surface area contributed by atoms with E-state index < -0.39 is 0 Å². The van der Waals surface area contributed by atoms with Crippen molar-refractivity contribution in [2.75, 3.05) is 17.2 Å². The van der Waals surface area contributed by atoms with Crippen LogP contribution in [-0.2, 0) is 10.5 Å². The Morgan fingerprint density at radius 2 is 2.29 bits per heavy atom. The first kappa shape index (κ1) is 16.1. The molecule has 0 saturated carbocycles. The second-order valence-corrected chi connectivity index (χ2v) is 6.65. The summed E-state index contributed by atoms with van der Waals surface area (Å²) in [6, 6.07) is 5.47. The number of carbonyl (C=O) groups excluding carboxylic acids is 1. The van der Waals surface area contributed by atoms with E-state index >= 15 is 0 Å². The van der Waals surface area contributed by atoms with Crippen LogP contribution in [0.2, 0.25) is 5.02 Å². The second kappa shape index (κ2) is 7.15. The highest BCUT2D eigenvalue weighted by molar-refractivity contribution is 7.98. The minimum absolute atomic E-state index is 0.00741. The first-order valence-electron chi connectivity index (χ1n) is 6.41. The van der Waals surface area contributed by atoms with E-state index in [1.54, 1.807) is 29.7 Å². The van der Waals surface area contributed by atoms with Gasteiger partial charge in [0, 0.05) is 40.2 Å². The molecule has 0 radical (unpaired) electrons. The van der Waals surface area contributed by atoms with Gasteiger partial charge in [-0.05, 0) is 25.1 Å². The molecule has 1 heterocycles. The van der Waals surface area contributed by atoms with Crippen molar-refractivity contribution in [2.45, 2.75) is 24.5 Å².